The molecule has 6 nitrogen and oxygen atoms in total. The number of rotatable bonds is 6. The van der Waals surface area contributed by atoms with E-state index in [1.54, 1.807) is 0 Å². The maximum Gasteiger partial charge on any atom is 0.227 e. The highest BCUT2D eigenvalue weighted by Gasteiger charge is 2.29. The number of aromatic nitrogens is 2. The molecule has 1 atom stereocenters. The predicted molar refractivity (Wildman–Crippen MR) is 159 cm³/mol. The first-order valence-electron chi connectivity index (χ1n) is 13.3. The van der Waals surface area contributed by atoms with E-state index < -0.39 is 0 Å². The molecule has 0 unspecified atom stereocenters. The first-order chi connectivity index (χ1) is 18.6. The van der Waals surface area contributed by atoms with E-state index in [1.165, 1.54) is 0 Å². The topological polar surface area (TPSA) is 61.4 Å². The van der Waals surface area contributed by atoms with Gasteiger partial charge in [-0.1, -0.05) is 60.7 Å². The molecule has 1 saturated heterocycles. The van der Waals surface area contributed by atoms with Crippen molar-refractivity contribution in [2.45, 2.75) is 26.7 Å². The average molecular weight is 524 g/mol. The van der Waals surface area contributed by atoms with Crippen LogP contribution in [0.5, 0.6) is 0 Å². The minimum Gasteiger partial charge on any atom is -0.348 e. The van der Waals surface area contributed by atoms with Gasteiger partial charge in [0.25, 0.3) is 0 Å². The number of benzene rings is 3. The molecule has 0 saturated carbocycles. The molecule has 194 valence electrons. The third-order valence-corrected chi connectivity index (χ3v) is 7.50. The molecule has 5 rings (SSSR count). The van der Waals surface area contributed by atoms with Crippen molar-refractivity contribution >= 4 is 40.0 Å². The van der Waals surface area contributed by atoms with Gasteiger partial charge < -0.3 is 15.1 Å². The molecule has 1 N–H and O–H groups in total. The lowest BCUT2D eigenvalue weighted by Gasteiger charge is -2.36. The predicted octanol–water partition coefficient (Wildman–Crippen LogP) is 6.24. The summed E-state index contributed by atoms with van der Waals surface area (Å²) < 4.78 is 0. The highest BCUT2D eigenvalue weighted by Crippen LogP contribution is 2.31. The zero-order valence-corrected chi connectivity index (χ0v) is 22.7. The van der Waals surface area contributed by atoms with E-state index in [4.69, 9.17) is 22.2 Å². The van der Waals surface area contributed by atoms with E-state index in [0.29, 0.717) is 11.7 Å². The van der Waals surface area contributed by atoms with Crippen LogP contribution in [0.25, 0.3) is 33.5 Å². The van der Waals surface area contributed by atoms with Gasteiger partial charge in [-0.15, -0.1) is 0 Å². The molecular weight excluding hydrogens is 490 g/mol. The van der Waals surface area contributed by atoms with Crippen LogP contribution >= 0.6 is 12.2 Å². The number of hydrogen-bond donors (Lipinski definition) is 1. The Labute approximate surface area is 229 Å². The summed E-state index contributed by atoms with van der Waals surface area (Å²) in [6.07, 6.45) is 1.86. The summed E-state index contributed by atoms with van der Waals surface area (Å²) in [4.78, 5) is 27.1. The molecule has 0 aliphatic carbocycles. The fourth-order valence-electron chi connectivity index (χ4n) is 5.09. The van der Waals surface area contributed by atoms with Crippen molar-refractivity contribution in [1.82, 2.24) is 19.8 Å². The van der Waals surface area contributed by atoms with Gasteiger partial charge in [-0.2, -0.15) is 0 Å². The van der Waals surface area contributed by atoms with Crippen LogP contribution in [0, 0.1) is 5.92 Å². The number of thiocarbonyl (C=S) groups is 1. The lowest BCUT2D eigenvalue weighted by Crippen LogP contribution is -2.47. The Hall–Kier alpha value is -3.84. The third kappa shape index (κ3) is 5.53. The number of piperidine rings is 1. The SMILES string of the molecule is CCN(CC)C(=O)[C@H]1CCCN(C(=S)Nc2ccc3nc(-c4ccccc4)c(-c4ccccc4)nc3c2)C1. The Balaban J connectivity index is 1.40. The van der Waals surface area contributed by atoms with Gasteiger partial charge in [-0.3, -0.25) is 4.79 Å². The van der Waals surface area contributed by atoms with Crippen molar-refractivity contribution in [3.8, 4) is 22.5 Å². The van der Waals surface area contributed by atoms with Crippen LogP contribution in [0.1, 0.15) is 26.7 Å². The summed E-state index contributed by atoms with van der Waals surface area (Å²) in [6.45, 7) is 7.03. The summed E-state index contributed by atoms with van der Waals surface area (Å²) in [5.41, 5.74) is 6.23. The smallest absolute Gasteiger partial charge is 0.227 e. The lowest BCUT2D eigenvalue weighted by molar-refractivity contribution is -0.136. The Morgan fingerprint density at radius 2 is 1.53 bits per heavy atom. The van der Waals surface area contributed by atoms with Crippen LogP contribution in [0.4, 0.5) is 5.69 Å². The number of carbonyl (C=O) groups excluding carboxylic acids is 1. The molecule has 1 fully saturated rings. The van der Waals surface area contributed by atoms with Gasteiger partial charge in [-0.25, -0.2) is 9.97 Å². The second-order valence-electron chi connectivity index (χ2n) is 9.58. The molecule has 1 aliphatic rings. The molecule has 0 radical (unpaired) electrons. The zero-order valence-electron chi connectivity index (χ0n) is 21.9. The average Bonchev–Trinajstić information content (AvgIpc) is 2.98. The standard InChI is InChI=1S/C31H33N5OS/c1-3-35(4-2)30(37)24-16-11-19-36(21-24)31(38)32-25-17-18-26-27(20-25)34-29(23-14-9-6-10-15-23)28(33-26)22-12-7-5-8-13-22/h5-10,12-15,17-18,20,24H,3-4,11,16,19,21H2,1-2H3,(H,32,38)/t24-/m0/s1. The van der Waals surface area contributed by atoms with Crippen molar-refractivity contribution in [3.63, 3.8) is 0 Å². The molecular formula is C31H33N5OS. The van der Waals surface area contributed by atoms with Gasteiger partial charge in [0.2, 0.25) is 5.91 Å². The molecule has 1 aromatic heterocycles. The van der Waals surface area contributed by atoms with E-state index in [0.717, 1.165) is 71.7 Å². The molecule has 2 heterocycles. The van der Waals surface area contributed by atoms with E-state index in [9.17, 15) is 4.79 Å². The first-order valence-corrected chi connectivity index (χ1v) is 13.8. The monoisotopic (exact) mass is 523 g/mol. The van der Waals surface area contributed by atoms with Gasteiger partial charge in [0.05, 0.1) is 28.3 Å². The first kappa shape index (κ1) is 25.8. The fraction of sp³-hybridized carbons (Fsp3) is 0.290. The van der Waals surface area contributed by atoms with Gasteiger partial charge >= 0.3 is 0 Å². The number of nitrogens with zero attached hydrogens (tertiary/aromatic N) is 4. The molecule has 0 bridgehead atoms. The quantitative estimate of drug-likeness (QED) is 0.302. The number of fused-ring (bicyclic) bond motifs is 1. The number of anilines is 1. The van der Waals surface area contributed by atoms with Crippen molar-refractivity contribution in [3.05, 3.63) is 78.9 Å². The van der Waals surface area contributed by atoms with Crippen LogP contribution < -0.4 is 5.32 Å². The van der Waals surface area contributed by atoms with Crippen molar-refractivity contribution in [1.29, 1.82) is 0 Å². The van der Waals surface area contributed by atoms with Gasteiger partial charge in [0.15, 0.2) is 5.11 Å². The molecule has 1 amide bonds. The van der Waals surface area contributed by atoms with Crippen molar-refractivity contribution in [2.75, 3.05) is 31.5 Å². The molecule has 4 aromatic rings. The van der Waals surface area contributed by atoms with Crippen molar-refractivity contribution < 1.29 is 4.79 Å². The van der Waals surface area contributed by atoms with E-state index in [2.05, 4.69) is 34.5 Å². The van der Waals surface area contributed by atoms with Gasteiger partial charge in [-0.05, 0) is 57.1 Å². The Bertz CT molecular complexity index is 1420. The number of nitrogens with one attached hydrogen (secondary N) is 1. The Morgan fingerprint density at radius 3 is 2.13 bits per heavy atom. The number of hydrogen-bond acceptors (Lipinski definition) is 4. The molecule has 0 spiro atoms. The van der Waals surface area contributed by atoms with Gasteiger partial charge in [0.1, 0.15) is 0 Å². The minimum absolute atomic E-state index is 0.0179. The highest BCUT2D eigenvalue weighted by molar-refractivity contribution is 7.80. The summed E-state index contributed by atoms with van der Waals surface area (Å²) in [6, 6.07) is 26.3. The fourth-order valence-corrected chi connectivity index (χ4v) is 5.37. The molecule has 38 heavy (non-hydrogen) atoms. The zero-order chi connectivity index (χ0) is 26.5. The Morgan fingerprint density at radius 1 is 0.921 bits per heavy atom. The maximum atomic E-state index is 12.9. The molecule has 7 heteroatoms. The normalized spacial score (nSPS) is 15.3. The third-order valence-electron chi connectivity index (χ3n) is 7.14. The number of likely N-dealkylation sites (tertiary alicyclic amines) is 1. The van der Waals surface area contributed by atoms with Crippen LogP contribution in [-0.2, 0) is 4.79 Å². The Kier molecular flexibility index (Phi) is 7.94. The summed E-state index contributed by atoms with van der Waals surface area (Å²) in [5, 5.41) is 4.03. The van der Waals surface area contributed by atoms with Crippen LogP contribution in [0.2, 0.25) is 0 Å². The number of amides is 1. The molecule has 3 aromatic carbocycles. The highest BCUT2D eigenvalue weighted by atomic mass is 32.1. The lowest BCUT2D eigenvalue weighted by atomic mass is 9.96. The summed E-state index contributed by atoms with van der Waals surface area (Å²) >= 11 is 5.78. The number of carbonyl (C=O) groups is 1. The van der Waals surface area contributed by atoms with E-state index >= 15 is 0 Å². The van der Waals surface area contributed by atoms with Gasteiger partial charge in [0, 0.05) is 43.0 Å². The van der Waals surface area contributed by atoms with Crippen LogP contribution in [0.3, 0.4) is 0 Å². The summed E-state index contributed by atoms with van der Waals surface area (Å²) in [5.74, 6) is 0.210. The second kappa shape index (κ2) is 11.7. The maximum absolute atomic E-state index is 12.9. The largest absolute Gasteiger partial charge is 0.348 e. The summed E-state index contributed by atoms with van der Waals surface area (Å²) in [7, 11) is 0. The second-order valence-corrected chi connectivity index (χ2v) is 9.97. The van der Waals surface area contributed by atoms with E-state index in [-0.39, 0.29) is 11.8 Å². The molecule has 1 aliphatic heterocycles. The minimum atomic E-state index is -0.0179. The van der Waals surface area contributed by atoms with Crippen LogP contribution in [-0.4, -0.2) is 57.0 Å². The van der Waals surface area contributed by atoms with Crippen LogP contribution in [0.15, 0.2) is 78.9 Å². The van der Waals surface area contributed by atoms with E-state index in [1.807, 2.05) is 73.3 Å². The van der Waals surface area contributed by atoms with Crippen molar-refractivity contribution in [2.24, 2.45) is 5.92 Å².